The van der Waals surface area contributed by atoms with Crippen molar-refractivity contribution in [3.63, 3.8) is 0 Å². The van der Waals surface area contributed by atoms with E-state index in [2.05, 4.69) is 11.7 Å². The summed E-state index contributed by atoms with van der Waals surface area (Å²) in [6.07, 6.45) is 0.486. The van der Waals surface area contributed by atoms with Crippen LogP contribution >= 0.6 is 0 Å². The first-order valence-electron chi connectivity index (χ1n) is 11.2. The fourth-order valence-corrected chi connectivity index (χ4v) is 6.05. The van der Waals surface area contributed by atoms with Crippen molar-refractivity contribution in [2.45, 2.75) is 51.3 Å². The Labute approximate surface area is 188 Å². The zero-order valence-corrected chi connectivity index (χ0v) is 18.9. The number of hydrogen-bond donors (Lipinski definition) is 0. The topological polar surface area (TPSA) is 99.6 Å². The van der Waals surface area contributed by atoms with Crippen LogP contribution in [-0.2, 0) is 35.1 Å². The highest BCUT2D eigenvalue weighted by atomic mass is 16.7. The number of hydrogen-bond acceptors (Lipinski definition) is 6. The summed E-state index contributed by atoms with van der Waals surface area (Å²) in [5.41, 5.74) is 10.2. The number of ketones is 1. The Balaban J connectivity index is 1.68. The smallest absolute Gasteiger partial charge is 0.337 e. The van der Waals surface area contributed by atoms with Crippen molar-refractivity contribution in [2.24, 2.45) is 23.2 Å². The van der Waals surface area contributed by atoms with Crippen LogP contribution in [0.4, 0.5) is 0 Å². The van der Waals surface area contributed by atoms with Gasteiger partial charge in [0, 0.05) is 32.0 Å². The fraction of sp³-hybridized carbons (Fsp3) is 0.667. The van der Waals surface area contributed by atoms with E-state index in [4.69, 9.17) is 23.7 Å². The van der Waals surface area contributed by atoms with Gasteiger partial charge in [-0.25, -0.2) is 0 Å². The van der Waals surface area contributed by atoms with Gasteiger partial charge in [-0.2, -0.15) is 4.79 Å². The molecule has 8 heteroatoms. The summed E-state index contributed by atoms with van der Waals surface area (Å²) in [5, 5.41) is 0. The number of benzene rings is 1. The highest BCUT2D eigenvalue weighted by Gasteiger charge is 2.67. The third-order valence-electron chi connectivity index (χ3n) is 7.62. The van der Waals surface area contributed by atoms with Crippen molar-refractivity contribution >= 4 is 11.5 Å². The second kappa shape index (κ2) is 9.91. The van der Waals surface area contributed by atoms with E-state index in [1.165, 1.54) is 0 Å². The molecule has 0 spiro atoms. The first-order chi connectivity index (χ1) is 15.5. The summed E-state index contributed by atoms with van der Waals surface area (Å²) < 4.78 is 29.3. The molecule has 1 aromatic rings. The van der Waals surface area contributed by atoms with Gasteiger partial charge < -0.3 is 29.2 Å². The van der Waals surface area contributed by atoms with Crippen LogP contribution in [0.5, 0.6) is 0 Å². The molecule has 0 aromatic heterocycles. The molecule has 1 heterocycles. The summed E-state index contributed by atoms with van der Waals surface area (Å²) in [5.74, 6) is -0.351. The average molecular weight is 445 g/mol. The molecule has 1 aromatic carbocycles. The second-order valence-electron chi connectivity index (χ2n) is 9.10. The lowest BCUT2D eigenvalue weighted by Gasteiger charge is -2.61. The van der Waals surface area contributed by atoms with Crippen LogP contribution < -0.4 is 0 Å². The Kier molecular flexibility index (Phi) is 7.20. The standard InChI is InChI=1S/C24H32N2O6/c1-15-17-10-22(29-3)32-21-11-19(26-25)23(27)18(9-20(15)31-14-28-2)24(17,21)13-30-12-16-7-5-4-6-8-16/h4-8,15,17-18,20-22H,9-14H2,1-3H3/t15-,17+,18-,20-,21-,22+,24+/m1/s1. The van der Waals surface area contributed by atoms with Gasteiger partial charge >= 0.3 is 5.71 Å². The van der Waals surface area contributed by atoms with Gasteiger partial charge in [0.15, 0.2) is 6.29 Å². The molecular formula is C24H32N2O6. The molecule has 1 saturated heterocycles. The lowest BCUT2D eigenvalue weighted by atomic mass is 9.48. The molecule has 1 aliphatic heterocycles. The second-order valence-corrected chi connectivity index (χ2v) is 9.10. The maximum atomic E-state index is 13.4. The van der Waals surface area contributed by atoms with Crippen molar-refractivity contribution in [2.75, 3.05) is 27.6 Å². The molecule has 4 rings (SSSR count). The van der Waals surface area contributed by atoms with Crippen LogP contribution in [0, 0.1) is 23.2 Å². The van der Waals surface area contributed by atoms with Gasteiger partial charge in [0.2, 0.25) is 5.78 Å². The third kappa shape index (κ3) is 4.07. The van der Waals surface area contributed by atoms with Crippen molar-refractivity contribution < 1.29 is 33.3 Å². The molecule has 2 saturated carbocycles. The van der Waals surface area contributed by atoms with E-state index < -0.39 is 17.6 Å². The van der Waals surface area contributed by atoms with E-state index in [9.17, 15) is 10.3 Å². The van der Waals surface area contributed by atoms with Gasteiger partial charge in [-0.05, 0) is 23.8 Å². The predicted molar refractivity (Wildman–Crippen MR) is 115 cm³/mol. The minimum absolute atomic E-state index is 0.0757. The Bertz CT molecular complexity index is 857. The van der Waals surface area contributed by atoms with E-state index in [-0.39, 0.29) is 48.8 Å². The highest BCUT2D eigenvalue weighted by Crippen LogP contribution is 2.59. The lowest BCUT2D eigenvalue weighted by molar-refractivity contribution is -0.295. The van der Waals surface area contributed by atoms with Crippen molar-refractivity contribution in [1.82, 2.24) is 0 Å². The van der Waals surface area contributed by atoms with E-state index in [0.29, 0.717) is 26.1 Å². The number of Topliss-reactive ketones (excluding diaryl/α,β-unsaturated/α-hetero) is 1. The predicted octanol–water partition coefficient (Wildman–Crippen LogP) is 2.86. The molecule has 174 valence electrons. The van der Waals surface area contributed by atoms with Gasteiger partial charge in [-0.3, -0.25) is 4.79 Å². The minimum atomic E-state index is -0.540. The Morgan fingerprint density at radius 3 is 2.69 bits per heavy atom. The van der Waals surface area contributed by atoms with Crippen LogP contribution in [0.1, 0.15) is 31.7 Å². The van der Waals surface area contributed by atoms with Gasteiger partial charge in [0.1, 0.15) is 6.79 Å². The number of methoxy groups -OCH3 is 2. The fourth-order valence-electron chi connectivity index (χ4n) is 6.05. The molecule has 0 bridgehead atoms. The molecule has 0 unspecified atom stereocenters. The molecule has 2 aliphatic carbocycles. The summed E-state index contributed by atoms with van der Waals surface area (Å²) in [7, 11) is 3.21. The summed E-state index contributed by atoms with van der Waals surface area (Å²) in [6, 6.07) is 9.98. The van der Waals surface area contributed by atoms with E-state index >= 15 is 0 Å². The summed E-state index contributed by atoms with van der Waals surface area (Å²) in [4.78, 5) is 16.7. The van der Waals surface area contributed by atoms with E-state index in [1.54, 1.807) is 14.2 Å². The van der Waals surface area contributed by atoms with Gasteiger partial charge in [0.25, 0.3) is 0 Å². The summed E-state index contributed by atoms with van der Waals surface area (Å²) >= 11 is 0. The molecular weight excluding hydrogens is 412 g/mol. The Hall–Kier alpha value is -1.93. The van der Waals surface area contributed by atoms with Crippen LogP contribution in [0.15, 0.2) is 30.3 Å². The average Bonchev–Trinajstić information content (AvgIpc) is 2.82. The Morgan fingerprint density at radius 1 is 1.22 bits per heavy atom. The molecule has 3 aliphatic rings. The molecule has 0 radical (unpaired) electrons. The van der Waals surface area contributed by atoms with Gasteiger partial charge in [-0.1, -0.05) is 37.3 Å². The SMILES string of the molecule is COCO[C@@H]1C[C@@H]2C(=O)C(=[N+]=[N-])C[C@H]3O[C@H](OC)C[C@@H]([C@H]1C)[C@@]23COCc1ccccc1. The zero-order chi connectivity index (χ0) is 22.7. The lowest BCUT2D eigenvalue weighted by Crippen LogP contribution is -2.68. The normalized spacial score (nSPS) is 36.5. The monoisotopic (exact) mass is 444 g/mol. The first-order valence-corrected chi connectivity index (χ1v) is 11.2. The molecule has 0 amide bonds. The number of nitrogens with zero attached hydrogens (tertiary/aromatic N) is 2. The van der Waals surface area contributed by atoms with Crippen LogP contribution in [-0.4, -0.2) is 62.4 Å². The van der Waals surface area contributed by atoms with Crippen molar-refractivity contribution in [3.8, 4) is 0 Å². The number of carbonyl (C=O) groups is 1. The molecule has 8 nitrogen and oxygen atoms in total. The van der Waals surface area contributed by atoms with Crippen molar-refractivity contribution in [3.05, 3.63) is 41.4 Å². The first kappa shape index (κ1) is 23.2. The van der Waals surface area contributed by atoms with Crippen LogP contribution in [0.25, 0.3) is 5.53 Å². The Morgan fingerprint density at radius 2 is 2.00 bits per heavy atom. The van der Waals surface area contributed by atoms with E-state index in [0.717, 1.165) is 5.56 Å². The van der Waals surface area contributed by atoms with E-state index in [1.807, 2.05) is 30.3 Å². The quantitative estimate of drug-likeness (QED) is 0.347. The maximum Gasteiger partial charge on any atom is 0.337 e. The summed E-state index contributed by atoms with van der Waals surface area (Å²) in [6.45, 7) is 3.16. The van der Waals surface area contributed by atoms with Crippen LogP contribution in [0.2, 0.25) is 0 Å². The maximum absolute atomic E-state index is 13.4. The van der Waals surface area contributed by atoms with Crippen LogP contribution in [0.3, 0.4) is 0 Å². The molecule has 3 fully saturated rings. The number of rotatable bonds is 8. The minimum Gasteiger partial charge on any atom is -0.376 e. The largest absolute Gasteiger partial charge is 0.376 e. The van der Waals surface area contributed by atoms with Gasteiger partial charge in [0.05, 0.1) is 31.8 Å². The number of ether oxygens (including phenoxy) is 5. The zero-order valence-electron chi connectivity index (χ0n) is 18.9. The van der Waals surface area contributed by atoms with Gasteiger partial charge in [-0.15, -0.1) is 0 Å². The van der Waals surface area contributed by atoms with Crippen molar-refractivity contribution in [1.29, 1.82) is 0 Å². The molecule has 32 heavy (non-hydrogen) atoms. The number of carbonyl (C=O) groups excluding carboxylic acids is 1. The highest BCUT2D eigenvalue weighted by molar-refractivity contribution is 6.39. The molecule has 0 N–H and O–H groups in total. The third-order valence-corrected chi connectivity index (χ3v) is 7.62. The molecule has 7 atom stereocenters.